The van der Waals surface area contributed by atoms with Crippen LogP contribution in [0.15, 0.2) is 24.3 Å². The molecular formula is C14H20N2O4. The van der Waals surface area contributed by atoms with Crippen LogP contribution in [0.3, 0.4) is 0 Å². The quantitative estimate of drug-likeness (QED) is 0.582. The van der Waals surface area contributed by atoms with E-state index >= 15 is 0 Å². The fraction of sp³-hybridized carbons (Fsp3) is 0.429. The molecule has 0 aliphatic rings. The summed E-state index contributed by atoms with van der Waals surface area (Å²) in [5.74, 6) is -2.51. The smallest absolute Gasteiger partial charge is 0.320 e. The van der Waals surface area contributed by atoms with Gasteiger partial charge in [-0.05, 0) is 31.2 Å². The molecule has 0 aliphatic carbocycles. The van der Waals surface area contributed by atoms with Gasteiger partial charge in [-0.15, -0.1) is 0 Å². The third-order valence-corrected chi connectivity index (χ3v) is 3.26. The lowest BCUT2D eigenvalue weighted by Gasteiger charge is -2.21. The standard InChI is InChI=1S/C14H20N2O4/c1-8-2-4-9(5-3-8)10(6-11(15)13(17)18)7-12(16)14(19)20/h2-5,10-12H,6-7,15-16H2,1H3,(H,17,18)(H,19,20). The summed E-state index contributed by atoms with van der Waals surface area (Å²) in [6.07, 6.45) is 0.304. The fourth-order valence-electron chi connectivity index (χ4n) is 2.02. The number of rotatable bonds is 7. The molecule has 2 unspecified atom stereocenters. The average Bonchev–Trinajstić information content (AvgIpc) is 2.38. The highest BCUT2D eigenvalue weighted by Crippen LogP contribution is 2.26. The molecule has 0 saturated heterocycles. The van der Waals surface area contributed by atoms with E-state index in [4.69, 9.17) is 21.7 Å². The molecule has 0 bridgehead atoms. The lowest BCUT2D eigenvalue weighted by molar-refractivity contribution is -0.139. The van der Waals surface area contributed by atoms with Crippen molar-refractivity contribution in [2.75, 3.05) is 0 Å². The minimum atomic E-state index is -1.11. The lowest BCUT2D eigenvalue weighted by atomic mass is 9.86. The average molecular weight is 280 g/mol. The van der Waals surface area contributed by atoms with Crippen LogP contribution in [-0.2, 0) is 9.59 Å². The summed E-state index contributed by atoms with van der Waals surface area (Å²) < 4.78 is 0. The maximum Gasteiger partial charge on any atom is 0.320 e. The second-order valence-electron chi connectivity index (χ2n) is 4.97. The van der Waals surface area contributed by atoms with E-state index < -0.39 is 24.0 Å². The molecule has 0 saturated carbocycles. The largest absolute Gasteiger partial charge is 0.480 e. The Morgan fingerprint density at radius 1 is 1.00 bits per heavy atom. The normalized spacial score (nSPS) is 15.3. The van der Waals surface area contributed by atoms with Crippen LogP contribution < -0.4 is 11.5 Å². The first-order valence-corrected chi connectivity index (χ1v) is 6.34. The first-order valence-electron chi connectivity index (χ1n) is 6.34. The van der Waals surface area contributed by atoms with Gasteiger partial charge in [-0.2, -0.15) is 0 Å². The second-order valence-corrected chi connectivity index (χ2v) is 4.97. The number of aliphatic carboxylic acids is 2. The topological polar surface area (TPSA) is 127 Å². The Morgan fingerprint density at radius 3 is 1.75 bits per heavy atom. The minimum Gasteiger partial charge on any atom is -0.480 e. The molecule has 6 heteroatoms. The zero-order valence-electron chi connectivity index (χ0n) is 11.3. The molecule has 2 atom stereocenters. The third-order valence-electron chi connectivity index (χ3n) is 3.26. The highest BCUT2D eigenvalue weighted by atomic mass is 16.4. The lowest BCUT2D eigenvalue weighted by Crippen LogP contribution is -2.36. The molecule has 0 aromatic heterocycles. The Labute approximate surface area is 117 Å². The molecule has 6 nitrogen and oxygen atoms in total. The maximum absolute atomic E-state index is 10.9. The monoisotopic (exact) mass is 280 g/mol. The minimum absolute atomic E-state index is 0.152. The molecule has 0 heterocycles. The number of nitrogens with two attached hydrogens (primary N) is 2. The predicted octanol–water partition coefficient (Wildman–Crippen LogP) is 0.683. The molecular weight excluding hydrogens is 260 g/mol. The van der Waals surface area contributed by atoms with E-state index in [-0.39, 0.29) is 18.8 Å². The van der Waals surface area contributed by atoms with E-state index in [0.29, 0.717) is 0 Å². The molecule has 1 rings (SSSR count). The molecule has 0 fully saturated rings. The Morgan fingerprint density at radius 2 is 1.40 bits per heavy atom. The second kappa shape index (κ2) is 7.02. The van der Waals surface area contributed by atoms with Crippen molar-refractivity contribution in [3.05, 3.63) is 35.4 Å². The van der Waals surface area contributed by atoms with Crippen molar-refractivity contribution < 1.29 is 19.8 Å². The van der Waals surface area contributed by atoms with Crippen LogP contribution in [0.5, 0.6) is 0 Å². The fourth-order valence-corrected chi connectivity index (χ4v) is 2.02. The number of hydrogen-bond acceptors (Lipinski definition) is 4. The first kappa shape index (κ1) is 16.1. The number of hydrogen-bond donors (Lipinski definition) is 4. The van der Waals surface area contributed by atoms with Crippen molar-refractivity contribution in [2.45, 2.75) is 37.8 Å². The van der Waals surface area contributed by atoms with Gasteiger partial charge < -0.3 is 21.7 Å². The number of aryl methyl sites for hydroxylation is 1. The summed E-state index contributed by atoms with van der Waals surface area (Å²) in [5, 5.41) is 17.8. The van der Waals surface area contributed by atoms with Gasteiger partial charge in [-0.25, -0.2) is 0 Å². The maximum atomic E-state index is 10.9. The number of benzene rings is 1. The van der Waals surface area contributed by atoms with Crippen LogP contribution in [0, 0.1) is 6.92 Å². The van der Waals surface area contributed by atoms with E-state index in [2.05, 4.69) is 0 Å². The molecule has 110 valence electrons. The van der Waals surface area contributed by atoms with Gasteiger partial charge in [0.2, 0.25) is 0 Å². The van der Waals surface area contributed by atoms with Crippen LogP contribution in [0.1, 0.15) is 29.9 Å². The van der Waals surface area contributed by atoms with Gasteiger partial charge in [0.25, 0.3) is 0 Å². The number of carbonyl (C=O) groups is 2. The van der Waals surface area contributed by atoms with E-state index in [1.54, 1.807) is 0 Å². The zero-order valence-corrected chi connectivity index (χ0v) is 11.3. The van der Waals surface area contributed by atoms with Crippen molar-refractivity contribution in [1.29, 1.82) is 0 Å². The molecule has 20 heavy (non-hydrogen) atoms. The Bertz CT molecular complexity index is 451. The van der Waals surface area contributed by atoms with Crippen LogP contribution in [-0.4, -0.2) is 34.2 Å². The molecule has 1 aromatic carbocycles. The van der Waals surface area contributed by atoms with E-state index in [1.165, 1.54) is 0 Å². The highest BCUT2D eigenvalue weighted by molar-refractivity contribution is 5.74. The van der Waals surface area contributed by atoms with E-state index in [1.807, 2.05) is 31.2 Å². The molecule has 0 amide bonds. The van der Waals surface area contributed by atoms with Crippen LogP contribution >= 0.6 is 0 Å². The van der Waals surface area contributed by atoms with Crippen molar-refractivity contribution in [3.8, 4) is 0 Å². The first-order chi connectivity index (χ1) is 9.31. The number of carboxylic acid groups (broad SMARTS) is 2. The van der Waals surface area contributed by atoms with Gasteiger partial charge in [0.15, 0.2) is 0 Å². The Balaban J connectivity index is 2.91. The summed E-state index contributed by atoms with van der Waals surface area (Å²) in [5.41, 5.74) is 13.0. The SMILES string of the molecule is Cc1ccc(C(CC(N)C(=O)O)CC(N)C(=O)O)cc1. The third kappa shape index (κ3) is 4.64. The van der Waals surface area contributed by atoms with Crippen molar-refractivity contribution in [2.24, 2.45) is 11.5 Å². The molecule has 0 spiro atoms. The van der Waals surface area contributed by atoms with Gasteiger partial charge in [-0.1, -0.05) is 29.8 Å². The van der Waals surface area contributed by atoms with Crippen LogP contribution in [0.25, 0.3) is 0 Å². The Hall–Kier alpha value is -1.92. The Kier molecular flexibility index (Phi) is 5.66. The van der Waals surface area contributed by atoms with E-state index in [9.17, 15) is 9.59 Å². The molecule has 6 N–H and O–H groups in total. The van der Waals surface area contributed by atoms with Crippen molar-refractivity contribution >= 4 is 11.9 Å². The summed E-state index contributed by atoms with van der Waals surface area (Å²) in [4.78, 5) is 21.7. The van der Waals surface area contributed by atoms with Gasteiger partial charge in [0, 0.05) is 0 Å². The highest BCUT2D eigenvalue weighted by Gasteiger charge is 2.24. The van der Waals surface area contributed by atoms with Gasteiger partial charge in [0.1, 0.15) is 12.1 Å². The number of carboxylic acids is 2. The summed E-state index contributed by atoms with van der Waals surface area (Å²) in [6.45, 7) is 1.94. The summed E-state index contributed by atoms with van der Waals surface area (Å²) in [6, 6.07) is 5.40. The van der Waals surface area contributed by atoms with E-state index in [0.717, 1.165) is 11.1 Å². The summed E-state index contributed by atoms with van der Waals surface area (Å²) >= 11 is 0. The van der Waals surface area contributed by atoms with Gasteiger partial charge in [0.05, 0.1) is 0 Å². The van der Waals surface area contributed by atoms with Crippen molar-refractivity contribution in [3.63, 3.8) is 0 Å². The van der Waals surface area contributed by atoms with Crippen LogP contribution in [0.2, 0.25) is 0 Å². The molecule has 0 aliphatic heterocycles. The predicted molar refractivity (Wildman–Crippen MR) is 74.4 cm³/mol. The molecule has 0 radical (unpaired) electrons. The molecule has 1 aromatic rings. The van der Waals surface area contributed by atoms with Gasteiger partial charge in [-0.3, -0.25) is 9.59 Å². The van der Waals surface area contributed by atoms with Crippen LogP contribution in [0.4, 0.5) is 0 Å². The van der Waals surface area contributed by atoms with Gasteiger partial charge >= 0.3 is 11.9 Å². The van der Waals surface area contributed by atoms with Crippen molar-refractivity contribution in [1.82, 2.24) is 0 Å². The zero-order chi connectivity index (χ0) is 15.3. The summed E-state index contributed by atoms with van der Waals surface area (Å²) in [7, 11) is 0.